The number of rotatable bonds is 7. The van der Waals surface area contributed by atoms with Gasteiger partial charge < -0.3 is 9.47 Å². The van der Waals surface area contributed by atoms with Gasteiger partial charge in [0.2, 0.25) is 0 Å². The highest BCUT2D eigenvalue weighted by atomic mass is 79.9. The average Bonchev–Trinajstić information content (AvgIpc) is 2.84. The molecule has 0 bridgehead atoms. The number of halogens is 3. The molecule has 0 aromatic heterocycles. The predicted molar refractivity (Wildman–Crippen MR) is 144 cm³/mol. The molecule has 0 amide bonds. The third kappa shape index (κ3) is 5.56. The van der Waals surface area contributed by atoms with Gasteiger partial charge in [-0.2, -0.15) is 5.26 Å². The Kier molecular flexibility index (Phi) is 7.80. The molecule has 0 fully saturated rings. The summed E-state index contributed by atoms with van der Waals surface area (Å²) in [5.74, 6) is 1.15. The number of nitriles is 1. The Morgan fingerprint density at radius 3 is 2.44 bits per heavy atom. The maximum Gasteiger partial charge on any atom is 0.162 e. The van der Waals surface area contributed by atoms with Gasteiger partial charge in [0, 0.05) is 20.1 Å². The van der Waals surface area contributed by atoms with Gasteiger partial charge in [-0.25, -0.2) is 0 Å². The van der Waals surface area contributed by atoms with E-state index in [0.717, 1.165) is 31.9 Å². The third-order valence-electron chi connectivity index (χ3n) is 5.24. The highest BCUT2D eigenvalue weighted by molar-refractivity contribution is 9.10. The summed E-state index contributed by atoms with van der Waals surface area (Å²) in [4.78, 5) is 0. The molecule has 0 saturated carbocycles. The van der Waals surface area contributed by atoms with Gasteiger partial charge in [-0.05, 0) is 65.2 Å². The summed E-state index contributed by atoms with van der Waals surface area (Å²) < 4.78 is 12.6. The van der Waals surface area contributed by atoms with E-state index in [1.807, 2.05) is 67.6 Å². The average molecular weight is 553 g/mol. The topological polar surface area (TPSA) is 42.2 Å². The first-order valence-electron chi connectivity index (χ1n) is 10.6. The van der Waals surface area contributed by atoms with Crippen molar-refractivity contribution in [2.45, 2.75) is 13.5 Å². The van der Waals surface area contributed by atoms with Gasteiger partial charge in [-0.3, -0.25) is 0 Å². The van der Waals surface area contributed by atoms with Crippen LogP contribution in [0.1, 0.15) is 23.6 Å². The fourth-order valence-electron chi connectivity index (χ4n) is 3.53. The minimum atomic E-state index is 0.262. The lowest BCUT2D eigenvalue weighted by molar-refractivity contribution is 0.269. The molecule has 170 valence electrons. The fraction of sp³-hybridized carbons (Fsp3) is 0.107. The Labute approximate surface area is 217 Å². The standard InChI is InChI=1S/C28H20BrCl2NO2/c1-2-33-27-13-22(12-23(16-32)20-8-7-18-5-3-4-6-19(18)11-20)25(29)15-28(27)34-17-21-9-10-24(30)14-26(21)31/h3-15H,2,17H2,1H3/b23-12-. The predicted octanol–water partition coefficient (Wildman–Crippen LogP) is 8.95. The van der Waals surface area contributed by atoms with Gasteiger partial charge in [0.25, 0.3) is 0 Å². The van der Waals surface area contributed by atoms with Crippen molar-refractivity contribution in [1.82, 2.24) is 0 Å². The van der Waals surface area contributed by atoms with Crippen molar-refractivity contribution >= 4 is 61.6 Å². The molecule has 34 heavy (non-hydrogen) atoms. The molecule has 0 unspecified atom stereocenters. The number of ether oxygens (including phenoxy) is 2. The van der Waals surface area contributed by atoms with Crippen LogP contribution in [-0.4, -0.2) is 6.61 Å². The van der Waals surface area contributed by atoms with Crippen LogP contribution in [0, 0.1) is 11.3 Å². The smallest absolute Gasteiger partial charge is 0.162 e. The van der Waals surface area contributed by atoms with Crippen molar-refractivity contribution in [1.29, 1.82) is 5.26 Å². The van der Waals surface area contributed by atoms with Gasteiger partial charge in [0.15, 0.2) is 11.5 Å². The van der Waals surface area contributed by atoms with Gasteiger partial charge in [0.1, 0.15) is 6.61 Å². The summed E-state index contributed by atoms with van der Waals surface area (Å²) in [7, 11) is 0. The first-order chi connectivity index (χ1) is 16.5. The summed E-state index contributed by atoms with van der Waals surface area (Å²) >= 11 is 15.9. The molecule has 0 heterocycles. The first kappa shape index (κ1) is 24.2. The molecule has 4 aromatic rings. The van der Waals surface area contributed by atoms with Crippen molar-refractivity contribution in [2.75, 3.05) is 6.61 Å². The van der Waals surface area contributed by atoms with Crippen LogP contribution in [-0.2, 0) is 6.61 Å². The second-order valence-electron chi connectivity index (χ2n) is 7.51. The van der Waals surface area contributed by atoms with Crippen molar-refractivity contribution in [3.8, 4) is 17.6 Å². The van der Waals surface area contributed by atoms with E-state index in [0.29, 0.717) is 33.7 Å². The number of hydrogen-bond acceptors (Lipinski definition) is 3. The minimum Gasteiger partial charge on any atom is -0.490 e. The molecule has 4 rings (SSSR count). The molecule has 0 atom stereocenters. The van der Waals surface area contributed by atoms with Crippen molar-refractivity contribution in [2.24, 2.45) is 0 Å². The number of hydrogen-bond donors (Lipinski definition) is 0. The zero-order valence-corrected chi connectivity index (χ0v) is 21.4. The van der Waals surface area contributed by atoms with Crippen LogP contribution in [0.5, 0.6) is 11.5 Å². The third-order valence-corrected chi connectivity index (χ3v) is 6.52. The maximum atomic E-state index is 9.88. The Morgan fingerprint density at radius 1 is 0.941 bits per heavy atom. The molecular weight excluding hydrogens is 533 g/mol. The summed E-state index contributed by atoms with van der Waals surface area (Å²) in [6.07, 6.45) is 1.84. The number of nitrogens with zero attached hydrogens (tertiary/aromatic N) is 1. The van der Waals surface area contributed by atoms with E-state index in [1.165, 1.54) is 0 Å². The van der Waals surface area contributed by atoms with Gasteiger partial charge >= 0.3 is 0 Å². The zero-order chi connectivity index (χ0) is 24.1. The first-order valence-corrected chi connectivity index (χ1v) is 12.2. The fourth-order valence-corrected chi connectivity index (χ4v) is 4.43. The van der Waals surface area contributed by atoms with Crippen LogP contribution in [0.15, 0.2) is 77.3 Å². The Balaban J connectivity index is 1.66. The van der Waals surface area contributed by atoms with E-state index < -0.39 is 0 Å². The molecule has 6 heteroatoms. The van der Waals surface area contributed by atoms with E-state index >= 15 is 0 Å². The molecule has 0 N–H and O–H groups in total. The van der Waals surface area contributed by atoms with Gasteiger partial charge in [-0.1, -0.05) is 81.6 Å². The molecule has 0 radical (unpaired) electrons. The van der Waals surface area contributed by atoms with E-state index in [2.05, 4.69) is 28.1 Å². The zero-order valence-electron chi connectivity index (χ0n) is 18.3. The van der Waals surface area contributed by atoms with E-state index in [4.69, 9.17) is 32.7 Å². The Bertz CT molecular complexity index is 1430. The highest BCUT2D eigenvalue weighted by Crippen LogP contribution is 2.37. The van der Waals surface area contributed by atoms with E-state index in [-0.39, 0.29) is 6.61 Å². The second-order valence-corrected chi connectivity index (χ2v) is 9.21. The van der Waals surface area contributed by atoms with Crippen LogP contribution in [0.25, 0.3) is 22.4 Å². The molecule has 0 aliphatic carbocycles. The molecular formula is C28H20BrCl2NO2. The summed E-state index contributed by atoms with van der Waals surface area (Å²) in [6.45, 7) is 2.64. The number of benzene rings is 4. The van der Waals surface area contributed by atoms with Crippen molar-refractivity contribution in [3.63, 3.8) is 0 Å². The monoisotopic (exact) mass is 551 g/mol. The quantitative estimate of drug-likeness (QED) is 0.170. The number of fused-ring (bicyclic) bond motifs is 1. The van der Waals surface area contributed by atoms with Gasteiger partial charge in [-0.15, -0.1) is 0 Å². The summed E-state index contributed by atoms with van der Waals surface area (Å²) in [6, 6.07) is 25.4. The molecule has 0 saturated heterocycles. The maximum absolute atomic E-state index is 9.88. The van der Waals surface area contributed by atoms with Crippen LogP contribution in [0.2, 0.25) is 10.0 Å². The summed E-state index contributed by atoms with van der Waals surface area (Å²) in [5.41, 5.74) is 3.03. The van der Waals surface area contributed by atoms with Gasteiger partial charge in [0.05, 0.1) is 18.2 Å². The SMILES string of the molecule is CCOc1cc(/C=C(/C#N)c2ccc3ccccc3c2)c(Br)cc1OCc1ccc(Cl)cc1Cl. The number of allylic oxidation sites excluding steroid dienone is 1. The van der Waals surface area contributed by atoms with E-state index in [9.17, 15) is 5.26 Å². The lowest BCUT2D eigenvalue weighted by Gasteiger charge is -2.15. The Hall–Kier alpha value is -2.97. The minimum absolute atomic E-state index is 0.262. The normalized spacial score (nSPS) is 11.3. The lowest BCUT2D eigenvalue weighted by Crippen LogP contribution is -2.01. The van der Waals surface area contributed by atoms with Crippen LogP contribution in [0.3, 0.4) is 0 Å². The molecule has 0 spiro atoms. The summed E-state index contributed by atoms with van der Waals surface area (Å²) in [5, 5.41) is 13.2. The van der Waals surface area contributed by atoms with E-state index in [1.54, 1.807) is 12.1 Å². The van der Waals surface area contributed by atoms with Crippen molar-refractivity contribution in [3.05, 3.63) is 104 Å². The largest absolute Gasteiger partial charge is 0.490 e. The lowest BCUT2D eigenvalue weighted by atomic mass is 10.00. The highest BCUT2D eigenvalue weighted by Gasteiger charge is 2.13. The molecule has 0 aliphatic heterocycles. The molecule has 0 aliphatic rings. The molecule has 4 aromatic carbocycles. The van der Waals surface area contributed by atoms with Crippen LogP contribution >= 0.6 is 39.1 Å². The van der Waals surface area contributed by atoms with Crippen LogP contribution < -0.4 is 9.47 Å². The Morgan fingerprint density at radius 2 is 1.71 bits per heavy atom. The van der Waals surface area contributed by atoms with Crippen molar-refractivity contribution < 1.29 is 9.47 Å². The molecule has 3 nitrogen and oxygen atoms in total. The second kappa shape index (κ2) is 11.0. The van der Waals surface area contributed by atoms with Crippen LogP contribution in [0.4, 0.5) is 0 Å².